The molecule has 1 aromatic carbocycles. The zero-order valence-corrected chi connectivity index (χ0v) is 11.2. The van der Waals surface area contributed by atoms with Crippen LogP contribution in [0.15, 0.2) is 18.2 Å². The maximum absolute atomic E-state index is 13.1. The van der Waals surface area contributed by atoms with E-state index in [1.165, 1.54) is 6.07 Å². The maximum atomic E-state index is 13.1. The van der Waals surface area contributed by atoms with Gasteiger partial charge >= 0.3 is 0 Å². The summed E-state index contributed by atoms with van der Waals surface area (Å²) in [6.07, 6.45) is 1.66. The lowest BCUT2D eigenvalue weighted by molar-refractivity contribution is 0.127. The summed E-state index contributed by atoms with van der Waals surface area (Å²) >= 11 is 0. The molecule has 0 fully saturated rings. The van der Waals surface area contributed by atoms with E-state index in [0.29, 0.717) is 5.92 Å². The molecule has 0 spiro atoms. The average Bonchev–Trinajstić information content (AvgIpc) is 2.26. The van der Waals surface area contributed by atoms with Crippen molar-refractivity contribution < 1.29 is 9.50 Å². The van der Waals surface area contributed by atoms with Crippen molar-refractivity contribution in [1.82, 2.24) is 0 Å². The molecular formula is C15H23FO. The highest BCUT2D eigenvalue weighted by Gasteiger charge is 2.26. The second-order valence-electron chi connectivity index (χ2n) is 4.84. The summed E-state index contributed by atoms with van der Waals surface area (Å²) in [5.41, 5.74) is 2.01. The van der Waals surface area contributed by atoms with Gasteiger partial charge in [-0.05, 0) is 43.0 Å². The zero-order chi connectivity index (χ0) is 13.0. The van der Waals surface area contributed by atoms with Crippen molar-refractivity contribution in [3.05, 3.63) is 35.1 Å². The number of halogens is 1. The van der Waals surface area contributed by atoms with Crippen LogP contribution in [0.2, 0.25) is 0 Å². The van der Waals surface area contributed by atoms with Crippen LogP contribution in [-0.4, -0.2) is 11.2 Å². The highest BCUT2D eigenvalue weighted by atomic mass is 19.1. The van der Waals surface area contributed by atoms with Gasteiger partial charge in [-0.25, -0.2) is 4.39 Å². The molecule has 1 rings (SSSR count). The largest absolute Gasteiger partial charge is 0.393 e. The first-order valence-electron chi connectivity index (χ1n) is 6.45. The number of hydrogen-bond acceptors (Lipinski definition) is 1. The minimum absolute atomic E-state index is 0.102. The van der Waals surface area contributed by atoms with Gasteiger partial charge in [0.25, 0.3) is 0 Å². The fraction of sp³-hybridized carbons (Fsp3) is 0.600. The van der Waals surface area contributed by atoms with Crippen LogP contribution in [0.25, 0.3) is 0 Å². The predicted molar refractivity (Wildman–Crippen MR) is 69.6 cm³/mol. The first kappa shape index (κ1) is 14.2. The molecule has 2 atom stereocenters. The zero-order valence-electron chi connectivity index (χ0n) is 11.2. The number of aliphatic hydroxyl groups is 1. The molecule has 0 aliphatic carbocycles. The van der Waals surface area contributed by atoms with Gasteiger partial charge in [-0.15, -0.1) is 0 Å². The van der Waals surface area contributed by atoms with Crippen molar-refractivity contribution in [1.29, 1.82) is 0 Å². The molecule has 2 unspecified atom stereocenters. The van der Waals surface area contributed by atoms with Crippen LogP contribution in [-0.2, 0) is 0 Å². The van der Waals surface area contributed by atoms with Gasteiger partial charge in [0.1, 0.15) is 5.82 Å². The van der Waals surface area contributed by atoms with E-state index in [2.05, 4.69) is 13.8 Å². The summed E-state index contributed by atoms with van der Waals surface area (Å²) in [7, 11) is 0. The van der Waals surface area contributed by atoms with Crippen LogP contribution in [0.5, 0.6) is 0 Å². The van der Waals surface area contributed by atoms with Crippen molar-refractivity contribution in [3.8, 4) is 0 Å². The van der Waals surface area contributed by atoms with E-state index < -0.39 is 6.10 Å². The Balaban J connectivity index is 3.13. The number of hydrogen-bond donors (Lipinski definition) is 1. The summed E-state index contributed by atoms with van der Waals surface area (Å²) in [5, 5.41) is 10.00. The van der Waals surface area contributed by atoms with Crippen LogP contribution in [0.1, 0.15) is 50.7 Å². The van der Waals surface area contributed by atoms with Gasteiger partial charge in [0.2, 0.25) is 0 Å². The smallest absolute Gasteiger partial charge is 0.123 e. The fourth-order valence-electron chi connectivity index (χ4n) is 2.72. The molecule has 0 aromatic heterocycles. The van der Waals surface area contributed by atoms with Gasteiger partial charge < -0.3 is 5.11 Å². The lowest BCUT2D eigenvalue weighted by Crippen LogP contribution is -2.23. The fourth-order valence-corrected chi connectivity index (χ4v) is 2.72. The molecular weight excluding hydrogens is 215 g/mol. The Hall–Kier alpha value is -0.890. The van der Waals surface area contributed by atoms with Crippen molar-refractivity contribution in [3.63, 3.8) is 0 Å². The minimum Gasteiger partial charge on any atom is -0.393 e. The second kappa shape index (κ2) is 6.15. The molecule has 0 aliphatic heterocycles. The molecule has 1 nitrogen and oxygen atoms in total. The van der Waals surface area contributed by atoms with E-state index in [0.717, 1.165) is 24.0 Å². The Morgan fingerprint density at radius 2 is 1.82 bits per heavy atom. The second-order valence-corrected chi connectivity index (χ2v) is 4.84. The normalized spacial score (nSPS) is 15.0. The Labute approximate surface area is 104 Å². The predicted octanol–water partition coefficient (Wildman–Crippen LogP) is 4.03. The van der Waals surface area contributed by atoms with Crippen molar-refractivity contribution >= 4 is 0 Å². The third-order valence-electron chi connectivity index (χ3n) is 3.67. The van der Waals surface area contributed by atoms with Crippen LogP contribution < -0.4 is 0 Å². The summed E-state index contributed by atoms with van der Waals surface area (Å²) in [6, 6.07) is 4.85. The van der Waals surface area contributed by atoms with Crippen molar-refractivity contribution in [2.75, 3.05) is 0 Å². The number of benzene rings is 1. The number of aryl methyl sites for hydroxylation is 1. The molecule has 96 valence electrons. The summed E-state index contributed by atoms with van der Waals surface area (Å²) < 4.78 is 13.1. The molecule has 0 bridgehead atoms. The van der Waals surface area contributed by atoms with Gasteiger partial charge in [0.15, 0.2) is 0 Å². The van der Waals surface area contributed by atoms with Crippen LogP contribution in [0.4, 0.5) is 4.39 Å². The van der Waals surface area contributed by atoms with Gasteiger partial charge in [0.05, 0.1) is 6.10 Å². The standard InChI is InChI=1S/C15H23FO/c1-5-12(6-2)15(11(4)17)14-8-7-13(16)9-10(14)3/h7-9,11-12,15,17H,5-6H2,1-4H3. The maximum Gasteiger partial charge on any atom is 0.123 e. The summed E-state index contributed by atoms with van der Waals surface area (Å²) in [4.78, 5) is 0. The van der Waals surface area contributed by atoms with E-state index in [1.807, 2.05) is 19.9 Å². The minimum atomic E-state index is -0.399. The van der Waals surface area contributed by atoms with E-state index in [-0.39, 0.29) is 11.7 Å². The Bertz CT molecular complexity index is 356. The molecule has 1 aromatic rings. The average molecular weight is 238 g/mol. The van der Waals surface area contributed by atoms with Gasteiger partial charge in [-0.1, -0.05) is 32.8 Å². The highest BCUT2D eigenvalue weighted by molar-refractivity contribution is 5.31. The van der Waals surface area contributed by atoms with Crippen LogP contribution in [0.3, 0.4) is 0 Å². The Kier molecular flexibility index (Phi) is 5.13. The Morgan fingerprint density at radius 1 is 1.24 bits per heavy atom. The van der Waals surface area contributed by atoms with Crippen LogP contribution in [0, 0.1) is 18.7 Å². The molecule has 17 heavy (non-hydrogen) atoms. The SMILES string of the molecule is CCC(CC)C(c1ccc(F)cc1C)C(C)O. The van der Waals surface area contributed by atoms with Gasteiger partial charge in [-0.2, -0.15) is 0 Å². The van der Waals surface area contributed by atoms with Gasteiger partial charge in [0, 0.05) is 5.92 Å². The first-order chi connectivity index (χ1) is 8.01. The molecule has 0 aliphatic rings. The van der Waals surface area contributed by atoms with Crippen molar-refractivity contribution in [2.24, 2.45) is 5.92 Å². The Morgan fingerprint density at radius 3 is 2.24 bits per heavy atom. The molecule has 0 saturated heterocycles. The molecule has 2 heteroatoms. The molecule has 0 radical (unpaired) electrons. The lowest BCUT2D eigenvalue weighted by atomic mass is 9.78. The number of aliphatic hydroxyl groups excluding tert-OH is 1. The van der Waals surface area contributed by atoms with E-state index in [4.69, 9.17) is 0 Å². The molecule has 1 N–H and O–H groups in total. The summed E-state index contributed by atoms with van der Waals surface area (Å²) in [5.74, 6) is 0.338. The number of rotatable bonds is 5. The third-order valence-corrected chi connectivity index (χ3v) is 3.67. The molecule has 0 saturated carbocycles. The van der Waals surface area contributed by atoms with E-state index in [1.54, 1.807) is 6.07 Å². The monoisotopic (exact) mass is 238 g/mol. The molecule has 0 amide bonds. The highest BCUT2D eigenvalue weighted by Crippen LogP contribution is 2.34. The first-order valence-corrected chi connectivity index (χ1v) is 6.45. The van der Waals surface area contributed by atoms with E-state index >= 15 is 0 Å². The molecule has 0 heterocycles. The summed E-state index contributed by atoms with van der Waals surface area (Å²) in [6.45, 7) is 8.02. The quantitative estimate of drug-likeness (QED) is 0.821. The van der Waals surface area contributed by atoms with Gasteiger partial charge in [-0.3, -0.25) is 0 Å². The van der Waals surface area contributed by atoms with E-state index in [9.17, 15) is 9.50 Å². The topological polar surface area (TPSA) is 20.2 Å². The van der Waals surface area contributed by atoms with Crippen molar-refractivity contribution in [2.45, 2.75) is 52.6 Å². The lowest BCUT2D eigenvalue weighted by Gasteiger charge is -2.29. The van der Waals surface area contributed by atoms with Crippen LogP contribution >= 0.6 is 0 Å². The third kappa shape index (κ3) is 3.29.